The lowest BCUT2D eigenvalue weighted by Crippen LogP contribution is -2.40. The van der Waals surface area contributed by atoms with E-state index in [9.17, 15) is 22.8 Å². The molecule has 0 spiro atoms. The van der Waals surface area contributed by atoms with E-state index >= 15 is 0 Å². The van der Waals surface area contributed by atoms with Crippen molar-refractivity contribution in [1.29, 1.82) is 0 Å². The SMILES string of the molecule is CNC(=O)CNC(=O)COC(=O)c1cccc(S(=O)(=O)NC(C)(C)C)c1. The molecule has 0 saturated heterocycles. The average Bonchev–Trinajstić information content (AvgIpc) is 2.55. The van der Waals surface area contributed by atoms with Crippen molar-refractivity contribution in [2.75, 3.05) is 20.2 Å². The van der Waals surface area contributed by atoms with Crippen LogP contribution in [0.2, 0.25) is 0 Å². The fourth-order valence-corrected chi connectivity index (χ4v) is 3.25. The Hall–Kier alpha value is -2.46. The predicted octanol–water partition coefficient (Wildman–Crippen LogP) is -0.218. The Morgan fingerprint density at radius 2 is 1.77 bits per heavy atom. The van der Waals surface area contributed by atoms with Crippen molar-refractivity contribution in [2.45, 2.75) is 31.2 Å². The monoisotopic (exact) mass is 385 g/mol. The molecule has 144 valence electrons. The molecule has 0 aliphatic carbocycles. The van der Waals surface area contributed by atoms with Gasteiger partial charge in [0.1, 0.15) is 0 Å². The van der Waals surface area contributed by atoms with Gasteiger partial charge in [-0.2, -0.15) is 0 Å². The summed E-state index contributed by atoms with van der Waals surface area (Å²) in [5.74, 6) is -1.90. The third-order valence-electron chi connectivity index (χ3n) is 2.88. The van der Waals surface area contributed by atoms with E-state index in [-0.39, 0.29) is 17.0 Å². The molecule has 3 N–H and O–H groups in total. The summed E-state index contributed by atoms with van der Waals surface area (Å²) in [6, 6.07) is 5.29. The second kappa shape index (κ2) is 8.77. The van der Waals surface area contributed by atoms with Gasteiger partial charge >= 0.3 is 5.97 Å². The molecule has 0 atom stereocenters. The van der Waals surface area contributed by atoms with Crippen molar-refractivity contribution in [3.8, 4) is 0 Å². The van der Waals surface area contributed by atoms with E-state index in [4.69, 9.17) is 4.74 Å². The lowest BCUT2D eigenvalue weighted by molar-refractivity contribution is -0.127. The molecular weight excluding hydrogens is 362 g/mol. The molecule has 0 fully saturated rings. The second-order valence-electron chi connectivity index (χ2n) is 6.41. The molecule has 0 heterocycles. The van der Waals surface area contributed by atoms with Gasteiger partial charge in [0.2, 0.25) is 15.9 Å². The third-order valence-corrected chi connectivity index (χ3v) is 4.64. The molecule has 9 nitrogen and oxygen atoms in total. The standard InChI is InChI=1S/C16H23N3O6S/c1-16(2,3)19-26(23,24)12-7-5-6-11(8-12)15(22)25-10-14(21)18-9-13(20)17-4/h5-8,19H,9-10H2,1-4H3,(H,17,20)(H,18,21). The summed E-state index contributed by atoms with van der Waals surface area (Å²) in [5, 5.41) is 4.59. The molecule has 0 unspecified atom stereocenters. The van der Waals surface area contributed by atoms with Gasteiger partial charge in [-0.15, -0.1) is 0 Å². The highest BCUT2D eigenvalue weighted by Crippen LogP contribution is 2.15. The van der Waals surface area contributed by atoms with Crippen LogP contribution >= 0.6 is 0 Å². The third kappa shape index (κ3) is 7.19. The number of rotatable bonds is 7. The predicted molar refractivity (Wildman–Crippen MR) is 93.9 cm³/mol. The zero-order valence-electron chi connectivity index (χ0n) is 15.1. The van der Waals surface area contributed by atoms with E-state index in [0.717, 1.165) is 0 Å². The van der Waals surface area contributed by atoms with Crippen molar-refractivity contribution < 1.29 is 27.5 Å². The highest BCUT2D eigenvalue weighted by atomic mass is 32.2. The lowest BCUT2D eigenvalue weighted by atomic mass is 10.1. The number of amides is 2. The van der Waals surface area contributed by atoms with Gasteiger partial charge in [0, 0.05) is 12.6 Å². The molecular formula is C16H23N3O6S. The van der Waals surface area contributed by atoms with Gasteiger partial charge < -0.3 is 15.4 Å². The van der Waals surface area contributed by atoms with Gasteiger partial charge in [-0.05, 0) is 39.0 Å². The number of hydrogen-bond acceptors (Lipinski definition) is 6. The molecule has 1 aromatic rings. The van der Waals surface area contributed by atoms with Gasteiger partial charge in [0.05, 0.1) is 17.0 Å². The highest BCUT2D eigenvalue weighted by molar-refractivity contribution is 7.89. The van der Waals surface area contributed by atoms with Gasteiger partial charge in [0.25, 0.3) is 5.91 Å². The van der Waals surface area contributed by atoms with Crippen LogP contribution in [0.15, 0.2) is 29.2 Å². The molecule has 0 bridgehead atoms. The van der Waals surface area contributed by atoms with Gasteiger partial charge in [-0.25, -0.2) is 17.9 Å². The first kappa shape index (κ1) is 21.6. The summed E-state index contributed by atoms with van der Waals surface area (Å²) in [6.45, 7) is 4.26. The number of ether oxygens (including phenoxy) is 1. The van der Waals surface area contributed by atoms with Crippen LogP contribution in [-0.4, -0.2) is 51.9 Å². The first-order chi connectivity index (χ1) is 11.9. The second-order valence-corrected chi connectivity index (χ2v) is 8.09. The average molecular weight is 385 g/mol. The Morgan fingerprint density at radius 3 is 2.35 bits per heavy atom. The van der Waals surface area contributed by atoms with Gasteiger partial charge in [-0.3, -0.25) is 9.59 Å². The van der Waals surface area contributed by atoms with Crippen molar-refractivity contribution in [3.63, 3.8) is 0 Å². The maximum Gasteiger partial charge on any atom is 0.338 e. The van der Waals surface area contributed by atoms with Gasteiger partial charge in [0.15, 0.2) is 6.61 Å². The van der Waals surface area contributed by atoms with Crippen LogP contribution < -0.4 is 15.4 Å². The smallest absolute Gasteiger partial charge is 0.338 e. The Labute approximate surface area is 152 Å². The zero-order valence-corrected chi connectivity index (χ0v) is 15.9. The normalized spacial score (nSPS) is 11.5. The number of hydrogen-bond donors (Lipinski definition) is 3. The Kier molecular flexibility index (Phi) is 7.28. The summed E-state index contributed by atoms with van der Waals surface area (Å²) in [4.78, 5) is 34.4. The molecule has 2 amide bonds. The summed E-state index contributed by atoms with van der Waals surface area (Å²) in [7, 11) is -2.39. The molecule has 1 aromatic carbocycles. The highest BCUT2D eigenvalue weighted by Gasteiger charge is 2.23. The minimum atomic E-state index is -3.81. The number of nitrogens with one attached hydrogen (secondary N) is 3. The number of carbonyl (C=O) groups excluding carboxylic acids is 3. The fraction of sp³-hybridized carbons (Fsp3) is 0.438. The molecule has 10 heteroatoms. The molecule has 0 aliphatic heterocycles. The number of sulfonamides is 1. The number of carbonyl (C=O) groups is 3. The Bertz CT molecular complexity index is 783. The molecule has 1 rings (SSSR count). The topological polar surface area (TPSA) is 131 Å². The van der Waals surface area contributed by atoms with Crippen LogP contribution in [0.25, 0.3) is 0 Å². The van der Waals surface area contributed by atoms with E-state index in [1.165, 1.54) is 31.3 Å². The minimum Gasteiger partial charge on any atom is -0.452 e. The maximum atomic E-state index is 12.3. The number of benzene rings is 1. The molecule has 0 saturated carbocycles. The van der Waals surface area contributed by atoms with Crippen molar-refractivity contribution >= 4 is 27.8 Å². The van der Waals surface area contributed by atoms with E-state index in [1.54, 1.807) is 20.8 Å². The quantitative estimate of drug-likeness (QED) is 0.556. The van der Waals surface area contributed by atoms with E-state index in [1.807, 2.05) is 0 Å². The Balaban J connectivity index is 2.74. The summed E-state index contributed by atoms with van der Waals surface area (Å²) >= 11 is 0. The molecule has 0 aromatic heterocycles. The lowest BCUT2D eigenvalue weighted by Gasteiger charge is -2.20. The molecule has 0 aliphatic rings. The van der Waals surface area contributed by atoms with Crippen molar-refractivity contribution in [3.05, 3.63) is 29.8 Å². The minimum absolute atomic E-state index is 0.0131. The number of esters is 1. The van der Waals surface area contributed by atoms with Crippen LogP contribution in [0.1, 0.15) is 31.1 Å². The van der Waals surface area contributed by atoms with Crippen LogP contribution in [0.3, 0.4) is 0 Å². The van der Waals surface area contributed by atoms with Crippen molar-refractivity contribution in [1.82, 2.24) is 15.4 Å². The van der Waals surface area contributed by atoms with Crippen LogP contribution in [0.5, 0.6) is 0 Å². The van der Waals surface area contributed by atoms with Crippen LogP contribution in [0.4, 0.5) is 0 Å². The first-order valence-corrected chi connectivity index (χ1v) is 9.21. The van der Waals surface area contributed by atoms with E-state index in [2.05, 4.69) is 15.4 Å². The van der Waals surface area contributed by atoms with Crippen molar-refractivity contribution in [2.24, 2.45) is 0 Å². The molecule has 0 radical (unpaired) electrons. The van der Waals surface area contributed by atoms with E-state index < -0.39 is 40.0 Å². The van der Waals surface area contributed by atoms with Gasteiger partial charge in [-0.1, -0.05) is 6.07 Å². The van der Waals surface area contributed by atoms with Crippen LogP contribution in [-0.2, 0) is 24.3 Å². The zero-order chi connectivity index (χ0) is 20.0. The first-order valence-electron chi connectivity index (χ1n) is 7.73. The summed E-state index contributed by atoms with van der Waals surface area (Å²) < 4.78 is 31.9. The summed E-state index contributed by atoms with van der Waals surface area (Å²) in [5.41, 5.74) is -0.695. The van der Waals surface area contributed by atoms with Crippen LogP contribution in [0, 0.1) is 0 Å². The fourth-order valence-electron chi connectivity index (χ4n) is 1.78. The van der Waals surface area contributed by atoms with E-state index in [0.29, 0.717) is 0 Å². The maximum absolute atomic E-state index is 12.3. The molecule has 26 heavy (non-hydrogen) atoms. The number of likely N-dealkylation sites (N-methyl/N-ethyl adjacent to an activating group) is 1. The largest absolute Gasteiger partial charge is 0.452 e. The summed E-state index contributed by atoms with van der Waals surface area (Å²) in [6.07, 6.45) is 0. The Morgan fingerprint density at radius 1 is 1.12 bits per heavy atom.